The summed E-state index contributed by atoms with van der Waals surface area (Å²) in [6, 6.07) is 1.01. The minimum atomic E-state index is -4.44. The molecular formula is C20H20F5N7O. The lowest BCUT2D eigenvalue weighted by atomic mass is 9.89. The maximum Gasteiger partial charge on any atom is 0.408 e. The van der Waals surface area contributed by atoms with E-state index in [1.54, 1.807) is 4.90 Å². The molecule has 1 aliphatic carbocycles. The monoisotopic (exact) mass is 469 g/mol. The summed E-state index contributed by atoms with van der Waals surface area (Å²) in [6.07, 6.45) is -0.905. The topological polar surface area (TPSA) is 91.7 Å². The molecule has 1 spiro atoms. The van der Waals surface area contributed by atoms with Gasteiger partial charge in [0.2, 0.25) is 6.43 Å². The van der Waals surface area contributed by atoms with Gasteiger partial charge in [-0.1, -0.05) is 0 Å². The highest BCUT2D eigenvalue weighted by atomic mass is 19.4. The van der Waals surface area contributed by atoms with Crippen molar-refractivity contribution in [2.45, 2.75) is 50.4 Å². The summed E-state index contributed by atoms with van der Waals surface area (Å²) < 4.78 is 65.7. The van der Waals surface area contributed by atoms with Crippen molar-refractivity contribution in [1.82, 2.24) is 29.9 Å². The van der Waals surface area contributed by atoms with Crippen LogP contribution in [0, 0.1) is 5.92 Å². The number of carbonyl (C=O) groups is 1. The number of anilines is 1. The van der Waals surface area contributed by atoms with Crippen LogP contribution in [0.25, 0.3) is 22.3 Å². The predicted octanol–water partition coefficient (Wildman–Crippen LogP) is 4.43. The third-order valence-electron chi connectivity index (χ3n) is 6.36. The number of halogens is 5. The highest BCUT2D eigenvalue weighted by Gasteiger charge is 2.54. The Balaban J connectivity index is 1.37. The van der Waals surface area contributed by atoms with Gasteiger partial charge in [-0.25, -0.2) is 13.6 Å². The molecule has 1 atom stereocenters. The maximum atomic E-state index is 13.2. The third-order valence-corrected chi connectivity index (χ3v) is 6.36. The maximum absolute atomic E-state index is 13.2. The second-order valence-corrected chi connectivity index (χ2v) is 8.60. The smallest absolute Gasteiger partial charge is 0.319 e. The molecule has 4 heterocycles. The van der Waals surface area contributed by atoms with Gasteiger partial charge in [0.1, 0.15) is 12.2 Å². The summed E-state index contributed by atoms with van der Waals surface area (Å²) >= 11 is 0. The Bertz CT molecular complexity index is 1180. The van der Waals surface area contributed by atoms with Gasteiger partial charge in [0, 0.05) is 29.6 Å². The molecule has 2 aliphatic rings. The molecule has 0 bridgehead atoms. The van der Waals surface area contributed by atoms with Crippen molar-refractivity contribution < 1.29 is 26.7 Å². The zero-order valence-electron chi connectivity index (χ0n) is 17.2. The number of amides is 2. The van der Waals surface area contributed by atoms with Gasteiger partial charge in [-0.15, -0.1) is 0 Å². The summed E-state index contributed by atoms with van der Waals surface area (Å²) in [5, 5.41) is 13.6. The van der Waals surface area contributed by atoms with Gasteiger partial charge < -0.3 is 10.2 Å². The number of aromatic nitrogens is 5. The fourth-order valence-corrected chi connectivity index (χ4v) is 4.55. The third kappa shape index (κ3) is 4.11. The van der Waals surface area contributed by atoms with Crippen molar-refractivity contribution in [3.05, 3.63) is 24.7 Å². The van der Waals surface area contributed by atoms with Crippen LogP contribution in [0.15, 0.2) is 24.7 Å². The Morgan fingerprint density at radius 1 is 1.27 bits per heavy atom. The molecule has 1 aliphatic heterocycles. The zero-order valence-corrected chi connectivity index (χ0v) is 17.2. The van der Waals surface area contributed by atoms with E-state index in [4.69, 9.17) is 0 Å². The summed E-state index contributed by atoms with van der Waals surface area (Å²) in [6.45, 7) is -1.02. The number of nitrogens with zero attached hydrogens (tertiary/aromatic N) is 5. The first kappa shape index (κ1) is 21.6. The van der Waals surface area contributed by atoms with E-state index in [1.165, 1.54) is 24.7 Å². The Kier molecular flexibility index (Phi) is 5.01. The number of alkyl halides is 5. The summed E-state index contributed by atoms with van der Waals surface area (Å²) in [5.41, 5.74) is 0.582. The lowest BCUT2D eigenvalue weighted by Crippen LogP contribution is -2.50. The van der Waals surface area contributed by atoms with Crippen LogP contribution in [-0.2, 0) is 6.54 Å². The first-order valence-electron chi connectivity index (χ1n) is 10.4. The van der Waals surface area contributed by atoms with Crippen LogP contribution >= 0.6 is 0 Å². The lowest BCUT2D eigenvalue weighted by molar-refractivity contribution is -0.141. The number of urea groups is 1. The summed E-state index contributed by atoms with van der Waals surface area (Å²) in [4.78, 5) is 18.9. The van der Waals surface area contributed by atoms with Crippen LogP contribution in [0.4, 0.5) is 32.4 Å². The van der Waals surface area contributed by atoms with Gasteiger partial charge in [0.25, 0.3) is 0 Å². The standard InChI is InChI=1S/C20H20F5N7O/c21-17(22)11-1-4-31(19(6-11)2-3-19)18(33)29-14-9-27-30-16(14)13-5-15-12(7-26-13)8-28-32(15)10-20(23,24)25/h5,7-9,11,17H,1-4,6,10H2,(H,27,30)(H,29,33). The molecule has 2 fully saturated rings. The first-order chi connectivity index (χ1) is 15.7. The van der Waals surface area contributed by atoms with Gasteiger partial charge in [0.15, 0.2) is 0 Å². The number of aromatic amines is 1. The van der Waals surface area contributed by atoms with Crippen LogP contribution in [0.3, 0.4) is 0 Å². The van der Waals surface area contributed by atoms with Crippen molar-refractivity contribution in [3.63, 3.8) is 0 Å². The fraction of sp³-hybridized carbons (Fsp3) is 0.500. The van der Waals surface area contributed by atoms with Gasteiger partial charge in [-0.3, -0.25) is 14.8 Å². The van der Waals surface area contributed by atoms with Crippen molar-refractivity contribution in [2.75, 3.05) is 11.9 Å². The number of piperidine rings is 1. The number of carbonyl (C=O) groups excluding carboxylic acids is 1. The van der Waals surface area contributed by atoms with Gasteiger partial charge >= 0.3 is 12.2 Å². The highest BCUT2D eigenvalue weighted by molar-refractivity contribution is 5.94. The molecule has 33 heavy (non-hydrogen) atoms. The van der Waals surface area contributed by atoms with Crippen LogP contribution in [0.2, 0.25) is 0 Å². The van der Waals surface area contributed by atoms with E-state index in [-0.39, 0.29) is 30.6 Å². The largest absolute Gasteiger partial charge is 0.408 e. The van der Waals surface area contributed by atoms with Gasteiger partial charge in [-0.2, -0.15) is 23.4 Å². The first-order valence-corrected chi connectivity index (χ1v) is 10.4. The average molecular weight is 469 g/mol. The second kappa shape index (κ2) is 7.66. The number of hydrogen-bond acceptors (Lipinski definition) is 4. The van der Waals surface area contributed by atoms with Crippen LogP contribution in [0.5, 0.6) is 0 Å². The number of nitrogens with one attached hydrogen (secondary N) is 2. The van der Waals surface area contributed by atoms with E-state index < -0.39 is 36.6 Å². The normalized spacial score (nSPS) is 20.1. The van der Waals surface area contributed by atoms with Crippen molar-refractivity contribution in [3.8, 4) is 11.4 Å². The van der Waals surface area contributed by atoms with Crippen LogP contribution in [0.1, 0.15) is 25.7 Å². The molecule has 3 aromatic rings. The number of likely N-dealkylation sites (tertiary alicyclic amines) is 1. The minimum Gasteiger partial charge on any atom is -0.319 e. The van der Waals surface area contributed by atoms with E-state index in [0.717, 1.165) is 4.68 Å². The molecule has 1 saturated heterocycles. The van der Waals surface area contributed by atoms with Crippen molar-refractivity contribution >= 4 is 22.6 Å². The Labute approximate surface area is 184 Å². The molecule has 176 valence electrons. The Morgan fingerprint density at radius 2 is 2.06 bits per heavy atom. The zero-order chi connectivity index (χ0) is 23.4. The van der Waals surface area contributed by atoms with Crippen molar-refractivity contribution in [2.24, 2.45) is 5.92 Å². The van der Waals surface area contributed by atoms with E-state index in [0.29, 0.717) is 29.6 Å². The number of fused-ring (bicyclic) bond motifs is 1. The van der Waals surface area contributed by atoms with E-state index in [9.17, 15) is 26.7 Å². The minimum absolute atomic E-state index is 0.229. The highest BCUT2D eigenvalue weighted by Crippen LogP contribution is 2.51. The fourth-order valence-electron chi connectivity index (χ4n) is 4.55. The molecule has 1 saturated carbocycles. The van der Waals surface area contributed by atoms with Crippen LogP contribution < -0.4 is 5.32 Å². The molecule has 2 N–H and O–H groups in total. The quantitative estimate of drug-likeness (QED) is 0.554. The average Bonchev–Trinajstić information content (AvgIpc) is 3.17. The molecule has 0 radical (unpaired) electrons. The van der Waals surface area contributed by atoms with Crippen LogP contribution in [-0.4, -0.2) is 60.6 Å². The molecule has 13 heteroatoms. The number of H-pyrrole nitrogens is 1. The van der Waals surface area contributed by atoms with Gasteiger partial charge in [-0.05, 0) is 31.7 Å². The summed E-state index contributed by atoms with van der Waals surface area (Å²) in [7, 11) is 0. The molecule has 8 nitrogen and oxygen atoms in total. The molecular weight excluding hydrogens is 449 g/mol. The number of hydrogen-bond donors (Lipinski definition) is 2. The molecule has 3 aromatic heterocycles. The SMILES string of the molecule is O=C(Nc1cn[nH]c1-c1cc2c(cn1)cnn2CC(F)(F)F)N1CCC(C(F)F)CC12CC2. The Hall–Kier alpha value is -3.25. The van der Waals surface area contributed by atoms with Gasteiger partial charge in [0.05, 0.1) is 29.3 Å². The molecule has 2 amide bonds. The Morgan fingerprint density at radius 3 is 2.76 bits per heavy atom. The van der Waals surface area contributed by atoms with Crippen molar-refractivity contribution in [1.29, 1.82) is 0 Å². The molecule has 5 rings (SSSR count). The summed E-state index contributed by atoms with van der Waals surface area (Å²) in [5.74, 6) is -0.710. The molecule has 0 aromatic carbocycles. The molecule has 1 unspecified atom stereocenters. The van der Waals surface area contributed by atoms with E-state index in [1.807, 2.05) is 0 Å². The second-order valence-electron chi connectivity index (χ2n) is 8.60. The number of rotatable bonds is 4. The number of pyridine rings is 1. The lowest BCUT2D eigenvalue weighted by Gasteiger charge is -2.39. The van der Waals surface area contributed by atoms with E-state index in [2.05, 4.69) is 25.6 Å². The van der Waals surface area contributed by atoms with E-state index >= 15 is 0 Å². The predicted molar refractivity (Wildman–Crippen MR) is 108 cm³/mol.